The van der Waals surface area contributed by atoms with E-state index in [1.807, 2.05) is 7.05 Å². The van der Waals surface area contributed by atoms with Crippen LogP contribution in [0.2, 0.25) is 0 Å². The Morgan fingerprint density at radius 3 is 2.95 bits per heavy atom. The number of halogens is 1. The first-order valence-corrected chi connectivity index (χ1v) is 8.40. The molecule has 2 nitrogen and oxygen atoms in total. The van der Waals surface area contributed by atoms with Crippen LogP contribution in [0.25, 0.3) is 0 Å². The predicted octanol–water partition coefficient (Wildman–Crippen LogP) is 3.99. The molecule has 0 saturated carbocycles. The van der Waals surface area contributed by atoms with Gasteiger partial charge >= 0.3 is 0 Å². The van der Waals surface area contributed by atoms with Crippen LogP contribution in [0.5, 0.6) is 5.75 Å². The molecule has 1 unspecified atom stereocenters. The topological polar surface area (TPSA) is 21.3 Å². The molecule has 19 heavy (non-hydrogen) atoms. The van der Waals surface area contributed by atoms with Crippen LogP contribution >= 0.6 is 33.9 Å². The zero-order valence-electron chi connectivity index (χ0n) is 10.8. The van der Waals surface area contributed by atoms with Crippen molar-refractivity contribution in [1.82, 2.24) is 5.32 Å². The molecule has 4 heteroatoms. The molecular weight excluding hydrogens is 369 g/mol. The molecule has 1 aliphatic heterocycles. The fourth-order valence-electron chi connectivity index (χ4n) is 2.56. The SMILES string of the molecule is CNC(c1csc(I)c1)c1ccc2c(c1)CCCO2. The van der Waals surface area contributed by atoms with Crippen molar-refractivity contribution in [3.63, 3.8) is 0 Å². The quantitative estimate of drug-likeness (QED) is 0.807. The van der Waals surface area contributed by atoms with E-state index in [0.29, 0.717) is 0 Å². The molecule has 2 aromatic rings. The molecule has 0 saturated heterocycles. The summed E-state index contributed by atoms with van der Waals surface area (Å²) in [6.07, 6.45) is 2.25. The van der Waals surface area contributed by atoms with E-state index in [-0.39, 0.29) is 6.04 Å². The van der Waals surface area contributed by atoms with Crippen LogP contribution in [0.4, 0.5) is 0 Å². The van der Waals surface area contributed by atoms with Crippen LogP contribution < -0.4 is 10.1 Å². The van der Waals surface area contributed by atoms with Gasteiger partial charge in [-0.1, -0.05) is 12.1 Å². The van der Waals surface area contributed by atoms with Crippen molar-refractivity contribution in [2.75, 3.05) is 13.7 Å². The maximum absolute atomic E-state index is 5.68. The molecule has 0 amide bonds. The highest BCUT2D eigenvalue weighted by atomic mass is 127. The first-order valence-electron chi connectivity index (χ1n) is 6.45. The molecule has 2 heterocycles. The van der Waals surface area contributed by atoms with Crippen LogP contribution in [-0.2, 0) is 6.42 Å². The molecule has 0 fully saturated rings. The maximum atomic E-state index is 5.68. The lowest BCUT2D eigenvalue weighted by Crippen LogP contribution is -2.18. The van der Waals surface area contributed by atoms with Gasteiger partial charge in [-0.3, -0.25) is 0 Å². The summed E-state index contributed by atoms with van der Waals surface area (Å²) in [6.45, 7) is 0.852. The Morgan fingerprint density at radius 1 is 1.32 bits per heavy atom. The Balaban J connectivity index is 1.95. The van der Waals surface area contributed by atoms with E-state index in [1.165, 1.54) is 19.6 Å². The number of aryl methyl sites for hydroxylation is 1. The largest absolute Gasteiger partial charge is 0.493 e. The number of benzene rings is 1. The molecule has 100 valence electrons. The van der Waals surface area contributed by atoms with E-state index >= 15 is 0 Å². The lowest BCUT2D eigenvalue weighted by Gasteiger charge is -2.21. The third kappa shape index (κ3) is 2.80. The minimum Gasteiger partial charge on any atom is -0.493 e. The van der Waals surface area contributed by atoms with Gasteiger partial charge in [0.1, 0.15) is 5.75 Å². The summed E-state index contributed by atoms with van der Waals surface area (Å²) in [5.41, 5.74) is 4.00. The zero-order valence-corrected chi connectivity index (χ0v) is 13.8. The molecule has 0 radical (unpaired) electrons. The van der Waals surface area contributed by atoms with E-state index in [2.05, 4.69) is 57.6 Å². The monoisotopic (exact) mass is 385 g/mol. The average Bonchev–Trinajstić information content (AvgIpc) is 2.86. The van der Waals surface area contributed by atoms with Crippen molar-refractivity contribution in [3.05, 3.63) is 49.2 Å². The number of rotatable bonds is 3. The fraction of sp³-hybridized carbons (Fsp3) is 0.333. The Morgan fingerprint density at radius 2 is 2.21 bits per heavy atom. The minimum atomic E-state index is 0.270. The molecule has 1 atom stereocenters. The van der Waals surface area contributed by atoms with Gasteiger partial charge in [0.15, 0.2) is 0 Å². The lowest BCUT2D eigenvalue weighted by molar-refractivity contribution is 0.288. The molecule has 0 bridgehead atoms. The molecule has 0 spiro atoms. The van der Waals surface area contributed by atoms with Gasteiger partial charge < -0.3 is 10.1 Å². The number of fused-ring (bicyclic) bond motifs is 1. The Kier molecular flexibility index (Phi) is 4.10. The van der Waals surface area contributed by atoms with E-state index in [0.717, 1.165) is 25.2 Å². The Hall–Kier alpha value is -0.590. The first kappa shape index (κ1) is 13.4. The number of nitrogens with one attached hydrogen (secondary N) is 1. The van der Waals surface area contributed by atoms with Gasteiger partial charge in [-0.15, -0.1) is 11.3 Å². The summed E-state index contributed by atoms with van der Waals surface area (Å²) < 4.78 is 7.01. The third-order valence-corrected chi connectivity index (χ3v) is 5.28. The summed E-state index contributed by atoms with van der Waals surface area (Å²) in [5.74, 6) is 1.06. The van der Waals surface area contributed by atoms with Crippen molar-refractivity contribution in [2.45, 2.75) is 18.9 Å². The molecule has 3 rings (SSSR count). The average molecular weight is 385 g/mol. The van der Waals surface area contributed by atoms with Gasteiger partial charge in [0.05, 0.1) is 15.5 Å². The minimum absolute atomic E-state index is 0.270. The van der Waals surface area contributed by atoms with Gasteiger partial charge in [-0.2, -0.15) is 0 Å². The van der Waals surface area contributed by atoms with E-state index in [9.17, 15) is 0 Å². The molecule has 1 N–H and O–H groups in total. The Labute approximate surface area is 131 Å². The number of ether oxygens (including phenoxy) is 1. The normalized spacial score (nSPS) is 15.7. The van der Waals surface area contributed by atoms with E-state index < -0.39 is 0 Å². The standard InChI is InChI=1S/C15H16INOS/c1-17-15(12-8-14(16)19-9-12)11-4-5-13-10(7-11)3-2-6-18-13/h4-5,7-9,15,17H,2-3,6H2,1H3. The highest BCUT2D eigenvalue weighted by Crippen LogP contribution is 2.32. The molecule has 0 aliphatic carbocycles. The van der Waals surface area contributed by atoms with Crippen LogP contribution in [0.1, 0.15) is 29.2 Å². The van der Waals surface area contributed by atoms with E-state index in [4.69, 9.17) is 4.74 Å². The fourth-order valence-corrected chi connectivity index (χ4v) is 3.96. The van der Waals surface area contributed by atoms with Crippen molar-refractivity contribution < 1.29 is 4.74 Å². The van der Waals surface area contributed by atoms with Crippen LogP contribution in [-0.4, -0.2) is 13.7 Å². The van der Waals surface area contributed by atoms with Crippen molar-refractivity contribution in [3.8, 4) is 5.75 Å². The zero-order chi connectivity index (χ0) is 13.2. The number of hydrogen-bond donors (Lipinski definition) is 1. The summed E-state index contributed by atoms with van der Waals surface area (Å²) >= 11 is 4.17. The van der Waals surface area contributed by atoms with Crippen molar-refractivity contribution in [2.24, 2.45) is 0 Å². The first-order chi connectivity index (χ1) is 9.28. The third-order valence-electron chi connectivity index (χ3n) is 3.48. The van der Waals surface area contributed by atoms with Crippen molar-refractivity contribution >= 4 is 33.9 Å². The second kappa shape index (κ2) is 5.81. The van der Waals surface area contributed by atoms with Crippen LogP contribution in [0.3, 0.4) is 0 Å². The summed E-state index contributed by atoms with van der Waals surface area (Å²) in [6, 6.07) is 9.11. The molecule has 1 aromatic carbocycles. The number of thiophene rings is 1. The van der Waals surface area contributed by atoms with Crippen LogP contribution in [0, 0.1) is 2.88 Å². The maximum Gasteiger partial charge on any atom is 0.122 e. The summed E-state index contributed by atoms with van der Waals surface area (Å²) in [4.78, 5) is 0. The van der Waals surface area contributed by atoms with Gasteiger partial charge in [-0.25, -0.2) is 0 Å². The molecule has 1 aromatic heterocycles. The summed E-state index contributed by atoms with van der Waals surface area (Å²) in [7, 11) is 2.02. The smallest absolute Gasteiger partial charge is 0.122 e. The van der Waals surface area contributed by atoms with Gasteiger partial charge in [0.25, 0.3) is 0 Å². The lowest BCUT2D eigenvalue weighted by atomic mass is 9.96. The molecule has 1 aliphatic rings. The predicted molar refractivity (Wildman–Crippen MR) is 88.2 cm³/mol. The van der Waals surface area contributed by atoms with Gasteiger partial charge in [0, 0.05) is 0 Å². The van der Waals surface area contributed by atoms with E-state index in [1.54, 1.807) is 11.3 Å². The highest BCUT2D eigenvalue weighted by Gasteiger charge is 2.17. The Bertz CT molecular complexity index is 581. The van der Waals surface area contributed by atoms with Crippen LogP contribution in [0.15, 0.2) is 29.6 Å². The second-order valence-corrected chi connectivity index (χ2v) is 7.53. The van der Waals surface area contributed by atoms with Gasteiger partial charge in [-0.05, 0) is 76.7 Å². The second-order valence-electron chi connectivity index (χ2n) is 4.73. The summed E-state index contributed by atoms with van der Waals surface area (Å²) in [5, 5.41) is 5.65. The van der Waals surface area contributed by atoms with Crippen molar-refractivity contribution in [1.29, 1.82) is 0 Å². The van der Waals surface area contributed by atoms with Gasteiger partial charge in [0.2, 0.25) is 0 Å². The number of hydrogen-bond acceptors (Lipinski definition) is 3. The molecular formula is C15H16INOS. The highest BCUT2D eigenvalue weighted by molar-refractivity contribution is 14.1.